The topological polar surface area (TPSA) is 64.9 Å². The number of aromatic nitrogens is 4. The van der Waals surface area contributed by atoms with Gasteiger partial charge in [0.2, 0.25) is 0 Å². The second kappa shape index (κ2) is 4.53. The molecular weight excluding hydrogens is 230 g/mol. The lowest BCUT2D eigenvalue weighted by Gasteiger charge is -2.14. The second-order valence-corrected chi connectivity index (χ2v) is 4.49. The van der Waals surface area contributed by atoms with Gasteiger partial charge in [0.05, 0.1) is 12.4 Å². The summed E-state index contributed by atoms with van der Waals surface area (Å²) in [5.41, 5.74) is 1.62. The minimum absolute atomic E-state index is 0.0551. The van der Waals surface area contributed by atoms with Crippen molar-refractivity contribution in [2.45, 2.75) is 38.5 Å². The standard InChI is InChI=1S/C12H17N5O/c1-3-8-4-5-9(18-8)17-7-16-10-11(13-2)14-6-15-12(10)17/h6-9H,3-5H2,1-2H3,(H,13,14,15)/t8-,9-/m1/s1. The first-order valence-electron chi connectivity index (χ1n) is 6.34. The number of hydrogen-bond donors (Lipinski definition) is 1. The lowest BCUT2D eigenvalue weighted by Crippen LogP contribution is -2.10. The van der Waals surface area contributed by atoms with E-state index in [1.807, 2.05) is 11.6 Å². The smallest absolute Gasteiger partial charge is 0.167 e. The Hall–Kier alpha value is -1.69. The van der Waals surface area contributed by atoms with Crippen LogP contribution in [0.15, 0.2) is 12.7 Å². The van der Waals surface area contributed by atoms with Crippen LogP contribution in [0.5, 0.6) is 0 Å². The molecule has 0 bridgehead atoms. The Balaban J connectivity index is 1.98. The van der Waals surface area contributed by atoms with Gasteiger partial charge in [0.25, 0.3) is 0 Å². The number of fused-ring (bicyclic) bond motifs is 1. The predicted octanol–water partition coefficient (Wildman–Crippen LogP) is 1.96. The molecule has 0 radical (unpaired) electrons. The van der Waals surface area contributed by atoms with Crippen molar-refractivity contribution in [2.75, 3.05) is 12.4 Å². The maximum atomic E-state index is 5.98. The summed E-state index contributed by atoms with van der Waals surface area (Å²) < 4.78 is 7.99. The number of nitrogens with one attached hydrogen (secondary N) is 1. The summed E-state index contributed by atoms with van der Waals surface area (Å²) in [6.45, 7) is 2.15. The fraction of sp³-hybridized carbons (Fsp3) is 0.583. The highest BCUT2D eigenvalue weighted by Gasteiger charge is 2.27. The van der Waals surface area contributed by atoms with E-state index in [4.69, 9.17) is 4.74 Å². The first kappa shape index (κ1) is 11.4. The zero-order valence-corrected chi connectivity index (χ0v) is 10.6. The summed E-state index contributed by atoms with van der Waals surface area (Å²) in [6.07, 6.45) is 6.94. The van der Waals surface area contributed by atoms with E-state index < -0.39 is 0 Å². The van der Waals surface area contributed by atoms with Gasteiger partial charge in [-0.1, -0.05) is 6.92 Å². The molecule has 2 aromatic rings. The van der Waals surface area contributed by atoms with Crippen LogP contribution in [0.3, 0.4) is 0 Å². The van der Waals surface area contributed by atoms with E-state index in [1.165, 1.54) is 0 Å². The van der Waals surface area contributed by atoms with Crippen molar-refractivity contribution < 1.29 is 4.74 Å². The summed E-state index contributed by atoms with van der Waals surface area (Å²) in [5, 5.41) is 3.03. The van der Waals surface area contributed by atoms with Gasteiger partial charge in [-0.15, -0.1) is 0 Å². The average molecular weight is 247 g/mol. The van der Waals surface area contributed by atoms with Gasteiger partial charge in [-0.25, -0.2) is 15.0 Å². The minimum atomic E-state index is 0.0551. The highest BCUT2D eigenvalue weighted by molar-refractivity contribution is 5.82. The van der Waals surface area contributed by atoms with Gasteiger partial charge >= 0.3 is 0 Å². The van der Waals surface area contributed by atoms with Crippen molar-refractivity contribution in [2.24, 2.45) is 0 Å². The van der Waals surface area contributed by atoms with E-state index in [0.29, 0.717) is 6.10 Å². The number of hydrogen-bond acceptors (Lipinski definition) is 5. The average Bonchev–Trinajstić information content (AvgIpc) is 3.03. The van der Waals surface area contributed by atoms with Gasteiger partial charge in [-0.3, -0.25) is 4.57 Å². The summed E-state index contributed by atoms with van der Waals surface area (Å²) in [7, 11) is 1.83. The van der Waals surface area contributed by atoms with E-state index >= 15 is 0 Å². The highest BCUT2D eigenvalue weighted by atomic mass is 16.5. The van der Waals surface area contributed by atoms with Gasteiger partial charge in [-0.2, -0.15) is 0 Å². The van der Waals surface area contributed by atoms with Crippen molar-refractivity contribution in [3.05, 3.63) is 12.7 Å². The normalized spacial score (nSPS) is 23.7. The zero-order valence-electron chi connectivity index (χ0n) is 10.6. The fourth-order valence-corrected chi connectivity index (χ4v) is 2.44. The minimum Gasteiger partial charge on any atom is -0.371 e. The van der Waals surface area contributed by atoms with Crippen LogP contribution in [-0.2, 0) is 4.74 Å². The second-order valence-electron chi connectivity index (χ2n) is 4.49. The Morgan fingerprint density at radius 2 is 2.28 bits per heavy atom. The fourth-order valence-electron chi connectivity index (χ4n) is 2.44. The maximum Gasteiger partial charge on any atom is 0.167 e. The molecule has 0 spiro atoms. The molecule has 1 N–H and O–H groups in total. The third-order valence-corrected chi connectivity index (χ3v) is 3.45. The molecule has 1 aliphatic heterocycles. The Morgan fingerprint density at radius 1 is 1.39 bits per heavy atom. The third kappa shape index (κ3) is 1.73. The van der Waals surface area contributed by atoms with Crippen LogP contribution in [0.25, 0.3) is 11.2 Å². The highest BCUT2D eigenvalue weighted by Crippen LogP contribution is 2.32. The van der Waals surface area contributed by atoms with E-state index in [9.17, 15) is 0 Å². The van der Waals surface area contributed by atoms with Crippen LogP contribution in [0.2, 0.25) is 0 Å². The number of imidazole rings is 1. The van der Waals surface area contributed by atoms with Crippen LogP contribution >= 0.6 is 0 Å². The van der Waals surface area contributed by atoms with Crippen LogP contribution in [0.4, 0.5) is 5.82 Å². The summed E-state index contributed by atoms with van der Waals surface area (Å²) >= 11 is 0. The molecule has 0 aliphatic carbocycles. The summed E-state index contributed by atoms with van der Waals surface area (Å²) in [5.74, 6) is 0.754. The molecule has 0 aromatic carbocycles. The lowest BCUT2D eigenvalue weighted by molar-refractivity contribution is 0.00289. The van der Waals surface area contributed by atoms with Crippen molar-refractivity contribution in [1.82, 2.24) is 19.5 Å². The molecule has 3 heterocycles. The molecule has 0 unspecified atom stereocenters. The van der Waals surface area contributed by atoms with Gasteiger partial charge < -0.3 is 10.1 Å². The van der Waals surface area contributed by atoms with Crippen molar-refractivity contribution >= 4 is 17.0 Å². The molecule has 3 rings (SSSR count). The molecule has 2 atom stereocenters. The van der Waals surface area contributed by atoms with Gasteiger partial charge in [-0.05, 0) is 19.3 Å². The van der Waals surface area contributed by atoms with Crippen LogP contribution in [0, 0.1) is 0 Å². The van der Waals surface area contributed by atoms with Crippen LogP contribution < -0.4 is 5.32 Å². The van der Waals surface area contributed by atoms with Crippen LogP contribution in [-0.4, -0.2) is 32.7 Å². The molecule has 1 saturated heterocycles. The zero-order chi connectivity index (χ0) is 12.5. The molecule has 0 saturated carbocycles. The number of rotatable bonds is 3. The summed E-state index contributed by atoms with van der Waals surface area (Å²) in [6, 6.07) is 0. The quantitative estimate of drug-likeness (QED) is 0.898. The molecule has 1 fully saturated rings. The molecule has 96 valence electrons. The molecule has 0 amide bonds. The first-order chi connectivity index (χ1) is 8.83. The van der Waals surface area contributed by atoms with E-state index in [1.54, 1.807) is 12.7 Å². The Labute approximate surface area is 105 Å². The Kier molecular flexibility index (Phi) is 2.87. The molecule has 6 heteroatoms. The van der Waals surface area contributed by atoms with Gasteiger partial charge in [0.15, 0.2) is 11.5 Å². The largest absolute Gasteiger partial charge is 0.371 e. The lowest BCUT2D eigenvalue weighted by atomic mass is 10.2. The van der Waals surface area contributed by atoms with Crippen LogP contribution in [0.1, 0.15) is 32.4 Å². The van der Waals surface area contributed by atoms with Gasteiger partial charge in [0, 0.05) is 7.05 Å². The third-order valence-electron chi connectivity index (χ3n) is 3.45. The SMILES string of the molecule is CC[C@@H]1CC[C@H](n2cnc3c(NC)ncnc32)O1. The molecule has 2 aromatic heterocycles. The van der Waals surface area contributed by atoms with E-state index in [2.05, 4.69) is 27.2 Å². The Bertz CT molecular complexity index is 552. The van der Waals surface area contributed by atoms with Crippen molar-refractivity contribution in [3.63, 3.8) is 0 Å². The first-order valence-corrected chi connectivity index (χ1v) is 6.34. The monoisotopic (exact) mass is 247 g/mol. The summed E-state index contributed by atoms with van der Waals surface area (Å²) in [4.78, 5) is 12.9. The van der Waals surface area contributed by atoms with Crippen molar-refractivity contribution in [3.8, 4) is 0 Å². The predicted molar refractivity (Wildman–Crippen MR) is 68.3 cm³/mol. The van der Waals surface area contributed by atoms with Crippen molar-refractivity contribution in [1.29, 1.82) is 0 Å². The molecular formula is C12H17N5O. The maximum absolute atomic E-state index is 5.98. The number of nitrogens with zero attached hydrogens (tertiary/aromatic N) is 4. The molecule has 6 nitrogen and oxygen atoms in total. The molecule has 1 aliphatic rings. The van der Waals surface area contributed by atoms with E-state index in [-0.39, 0.29) is 6.23 Å². The van der Waals surface area contributed by atoms with Gasteiger partial charge in [0.1, 0.15) is 18.1 Å². The number of anilines is 1. The Morgan fingerprint density at radius 3 is 3.00 bits per heavy atom. The van der Waals surface area contributed by atoms with E-state index in [0.717, 1.165) is 36.2 Å². The molecule has 18 heavy (non-hydrogen) atoms. The number of ether oxygens (including phenoxy) is 1.